The SMILES string of the molecule is CC(C)(C)c1ccc(CN(CCc2ccc(Cl)c(Cl)c2)C(=O)c2ncc(F)c3cc[nH]c23)cc1. The van der Waals surface area contributed by atoms with Gasteiger partial charge in [-0.05, 0) is 46.7 Å². The van der Waals surface area contributed by atoms with Crippen LogP contribution in [0.3, 0.4) is 0 Å². The summed E-state index contributed by atoms with van der Waals surface area (Å²) in [4.78, 5) is 22.4. The van der Waals surface area contributed by atoms with Crippen molar-refractivity contribution in [2.45, 2.75) is 39.2 Å². The molecule has 34 heavy (non-hydrogen) atoms. The van der Waals surface area contributed by atoms with Gasteiger partial charge in [-0.1, -0.05) is 74.3 Å². The van der Waals surface area contributed by atoms with Gasteiger partial charge in [0.2, 0.25) is 0 Å². The van der Waals surface area contributed by atoms with Crippen molar-refractivity contribution >= 4 is 40.0 Å². The average Bonchev–Trinajstić information content (AvgIpc) is 3.29. The van der Waals surface area contributed by atoms with Crippen molar-refractivity contribution in [1.82, 2.24) is 14.9 Å². The molecule has 176 valence electrons. The van der Waals surface area contributed by atoms with Crippen LogP contribution in [-0.2, 0) is 18.4 Å². The van der Waals surface area contributed by atoms with E-state index in [1.165, 1.54) is 5.56 Å². The zero-order valence-corrected chi connectivity index (χ0v) is 20.8. The van der Waals surface area contributed by atoms with Gasteiger partial charge in [0, 0.05) is 24.7 Å². The van der Waals surface area contributed by atoms with Gasteiger partial charge in [0.25, 0.3) is 5.91 Å². The minimum atomic E-state index is -0.465. The van der Waals surface area contributed by atoms with Crippen molar-refractivity contribution < 1.29 is 9.18 Å². The maximum absolute atomic E-state index is 14.2. The van der Waals surface area contributed by atoms with E-state index >= 15 is 0 Å². The summed E-state index contributed by atoms with van der Waals surface area (Å²) in [5.74, 6) is -0.736. The highest BCUT2D eigenvalue weighted by molar-refractivity contribution is 6.42. The van der Waals surface area contributed by atoms with E-state index in [1.807, 2.05) is 24.3 Å². The maximum Gasteiger partial charge on any atom is 0.274 e. The van der Waals surface area contributed by atoms with E-state index in [2.05, 4.69) is 42.9 Å². The van der Waals surface area contributed by atoms with Crippen LogP contribution >= 0.6 is 23.2 Å². The lowest BCUT2D eigenvalue weighted by molar-refractivity contribution is 0.0741. The Morgan fingerprint density at radius 2 is 1.74 bits per heavy atom. The number of nitrogens with zero attached hydrogens (tertiary/aromatic N) is 2. The average molecular weight is 498 g/mol. The number of pyridine rings is 1. The second kappa shape index (κ2) is 9.77. The molecule has 2 heterocycles. The summed E-state index contributed by atoms with van der Waals surface area (Å²) in [5, 5.41) is 1.31. The summed E-state index contributed by atoms with van der Waals surface area (Å²) < 4.78 is 14.2. The number of rotatable bonds is 6. The molecule has 0 saturated heterocycles. The standard InChI is InChI=1S/C27H26Cl2FN3O/c1-27(2,3)19-7-4-18(5-8-19)16-33(13-11-17-6-9-21(28)22(29)14-17)26(34)25-24-20(10-12-31-24)23(30)15-32-25/h4-10,12,14-15,31H,11,13,16H2,1-3H3. The van der Waals surface area contributed by atoms with Crippen LogP contribution in [0.2, 0.25) is 10.0 Å². The quantitative estimate of drug-likeness (QED) is 0.306. The molecule has 7 heteroatoms. The first-order valence-electron chi connectivity index (χ1n) is 11.1. The van der Waals surface area contributed by atoms with Crippen LogP contribution in [0.5, 0.6) is 0 Å². The topological polar surface area (TPSA) is 49.0 Å². The Labute approximate surface area is 208 Å². The first-order chi connectivity index (χ1) is 16.1. The van der Waals surface area contributed by atoms with Gasteiger partial charge in [-0.15, -0.1) is 0 Å². The Morgan fingerprint density at radius 3 is 2.41 bits per heavy atom. The molecule has 0 bridgehead atoms. The van der Waals surface area contributed by atoms with E-state index in [0.717, 1.165) is 17.3 Å². The van der Waals surface area contributed by atoms with E-state index in [0.29, 0.717) is 40.5 Å². The highest BCUT2D eigenvalue weighted by atomic mass is 35.5. The Morgan fingerprint density at radius 1 is 1.03 bits per heavy atom. The van der Waals surface area contributed by atoms with Gasteiger partial charge in [-0.3, -0.25) is 4.79 Å². The molecule has 4 aromatic rings. The highest BCUT2D eigenvalue weighted by Crippen LogP contribution is 2.25. The largest absolute Gasteiger partial charge is 0.359 e. The first kappa shape index (κ1) is 24.2. The summed E-state index contributed by atoms with van der Waals surface area (Å²) in [6, 6.07) is 15.3. The molecule has 4 nitrogen and oxygen atoms in total. The van der Waals surface area contributed by atoms with Crippen LogP contribution in [0.4, 0.5) is 4.39 Å². The van der Waals surface area contributed by atoms with E-state index < -0.39 is 5.82 Å². The molecule has 0 fully saturated rings. The smallest absolute Gasteiger partial charge is 0.274 e. The number of aromatic nitrogens is 2. The summed E-state index contributed by atoms with van der Waals surface area (Å²) in [5.41, 5.74) is 3.82. The second-order valence-corrected chi connectivity index (χ2v) is 10.2. The lowest BCUT2D eigenvalue weighted by Crippen LogP contribution is -2.33. The number of benzene rings is 2. The predicted octanol–water partition coefficient (Wildman–Crippen LogP) is 7.19. The van der Waals surface area contributed by atoms with E-state index in [-0.39, 0.29) is 17.0 Å². The van der Waals surface area contributed by atoms with E-state index in [4.69, 9.17) is 23.2 Å². The van der Waals surface area contributed by atoms with Crippen molar-refractivity contribution in [2.24, 2.45) is 0 Å². The zero-order valence-electron chi connectivity index (χ0n) is 19.3. The Hall–Kier alpha value is -2.89. The molecule has 1 amide bonds. The summed E-state index contributed by atoms with van der Waals surface area (Å²) >= 11 is 12.2. The van der Waals surface area contributed by atoms with Crippen LogP contribution in [0.1, 0.15) is 48.0 Å². The van der Waals surface area contributed by atoms with Crippen LogP contribution in [0.15, 0.2) is 60.9 Å². The molecule has 2 aromatic carbocycles. The minimum absolute atomic E-state index is 0.0408. The van der Waals surface area contributed by atoms with Gasteiger partial charge in [-0.25, -0.2) is 9.37 Å². The summed E-state index contributed by atoms with van der Waals surface area (Å²) in [6.45, 7) is 7.32. The fourth-order valence-electron chi connectivity index (χ4n) is 3.87. The first-order valence-corrected chi connectivity index (χ1v) is 11.8. The number of carbonyl (C=O) groups excluding carboxylic acids is 1. The number of amides is 1. The lowest BCUT2D eigenvalue weighted by atomic mass is 9.87. The van der Waals surface area contributed by atoms with Crippen molar-refractivity contribution in [1.29, 1.82) is 0 Å². The molecule has 0 saturated carbocycles. The normalized spacial score (nSPS) is 11.7. The van der Waals surface area contributed by atoms with Gasteiger partial charge in [0.05, 0.1) is 21.8 Å². The van der Waals surface area contributed by atoms with Crippen molar-refractivity contribution in [3.8, 4) is 0 Å². The third-order valence-electron chi connectivity index (χ3n) is 5.89. The number of hydrogen-bond acceptors (Lipinski definition) is 2. The van der Waals surface area contributed by atoms with Gasteiger partial charge in [0.15, 0.2) is 11.5 Å². The monoisotopic (exact) mass is 497 g/mol. The molecule has 0 aliphatic heterocycles. The third-order valence-corrected chi connectivity index (χ3v) is 6.62. The number of carbonyl (C=O) groups is 1. The molecule has 0 aliphatic rings. The number of fused-ring (bicyclic) bond motifs is 1. The Balaban J connectivity index is 1.63. The summed E-state index contributed by atoms with van der Waals surface area (Å²) in [7, 11) is 0. The van der Waals surface area contributed by atoms with Crippen molar-refractivity contribution in [3.63, 3.8) is 0 Å². The lowest BCUT2D eigenvalue weighted by Gasteiger charge is -2.24. The van der Waals surface area contributed by atoms with Gasteiger partial charge < -0.3 is 9.88 Å². The molecule has 0 spiro atoms. The maximum atomic E-state index is 14.2. The Kier molecular flexibility index (Phi) is 6.96. The number of nitrogens with one attached hydrogen (secondary N) is 1. The fraction of sp³-hybridized carbons (Fsp3) is 0.259. The number of halogens is 3. The molecular formula is C27H26Cl2FN3O. The van der Waals surface area contributed by atoms with Crippen LogP contribution in [-0.4, -0.2) is 27.3 Å². The molecular weight excluding hydrogens is 472 g/mol. The molecule has 0 aliphatic carbocycles. The Bertz CT molecular complexity index is 1330. The molecule has 1 N–H and O–H groups in total. The van der Waals surface area contributed by atoms with Crippen LogP contribution in [0.25, 0.3) is 10.9 Å². The van der Waals surface area contributed by atoms with Crippen LogP contribution in [0, 0.1) is 5.82 Å². The molecule has 0 atom stereocenters. The van der Waals surface area contributed by atoms with Crippen molar-refractivity contribution in [2.75, 3.05) is 6.54 Å². The van der Waals surface area contributed by atoms with E-state index in [1.54, 1.807) is 23.2 Å². The molecule has 4 rings (SSSR count). The summed E-state index contributed by atoms with van der Waals surface area (Å²) in [6.07, 6.45) is 3.29. The van der Waals surface area contributed by atoms with Gasteiger partial charge in [-0.2, -0.15) is 0 Å². The fourth-order valence-corrected chi connectivity index (χ4v) is 4.19. The number of hydrogen-bond donors (Lipinski definition) is 1. The zero-order chi connectivity index (χ0) is 24.5. The minimum Gasteiger partial charge on any atom is -0.359 e. The third kappa shape index (κ3) is 5.26. The van der Waals surface area contributed by atoms with Gasteiger partial charge >= 0.3 is 0 Å². The number of aromatic amines is 1. The molecule has 0 unspecified atom stereocenters. The van der Waals surface area contributed by atoms with Crippen molar-refractivity contribution in [3.05, 3.63) is 99.2 Å². The van der Waals surface area contributed by atoms with Crippen LogP contribution < -0.4 is 0 Å². The predicted molar refractivity (Wildman–Crippen MR) is 136 cm³/mol. The number of H-pyrrole nitrogens is 1. The highest BCUT2D eigenvalue weighted by Gasteiger charge is 2.22. The second-order valence-electron chi connectivity index (χ2n) is 9.39. The molecule has 2 aromatic heterocycles. The van der Waals surface area contributed by atoms with E-state index in [9.17, 15) is 9.18 Å². The molecule has 0 radical (unpaired) electrons. The van der Waals surface area contributed by atoms with Gasteiger partial charge in [0.1, 0.15) is 0 Å².